The summed E-state index contributed by atoms with van der Waals surface area (Å²) in [4.78, 5) is 21.6. The summed E-state index contributed by atoms with van der Waals surface area (Å²) in [5.74, 6) is 2.60. The SMILES string of the molecule is C=COc1ccc(CCCCCCCC)cc1.C=COc1ccc(CCCCCCCC)cc1.C=COc1ccc(CCCCCCCC)cc1.O=P(O)(O)O. The molecule has 3 N–H and O–H groups in total. The Morgan fingerprint density at radius 2 is 0.607 bits per heavy atom. The molecule has 7 nitrogen and oxygen atoms in total. The summed E-state index contributed by atoms with van der Waals surface area (Å²) in [5, 5.41) is 0. The molecular formula is C48H75O7P. The van der Waals surface area contributed by atoms with Crippen LogP contribution in [0.15, 0.2) is 111 Å². The summed E-state index contributed by atoms with van der Waals surface area (Å²) < 4.78 is 24.5. The Hall–Kier alpha value is -3.61. The molecule has 0 aliphatic rings. The largest absolute Gasteiger partial charge is 0.466 e. The van der Waals surface area contributed by atoms with Crippen molar-refractivity contribution >= 4 is 7.82 Å². The predicted octanol–water partition coefficient (Wildman–Crippen LogP) is 14.4. The second kappa shape index (κ2) is 37.0. The van der Waals surface area contributed by atoms with E-state index >= 15 is 0 Å². The summed E-state index contributed by atoms with van der Waals surface area (Å²) in [5.41, 5.74) is 4.20. The second-order valence-corrected chi connectivity index (χ2v) is 14.9. The van der Waals surface area contributed by atoms with Gasteiger partial charge in [0.15, 0.2) is 0 Å². The van der Waals surface area contributed by atoms with Gasteiger partial charge in [-0.2, -0.15) is 0 Å². The number of phosphoric acid groups is 1. The molecule has 3 aromatic carbocycles. The summed E-state index contributed by atoms with van der Waals surface area (Å²) in [6.45, 7) is 17.4. The molecule has 56 heavy (non-hydrogen) atoms. The monoisotopic (exact) mass is 795 g/mol. The van der Waals surface area contributed by atoms with Crippen LogP contribution in [0, 0.1) is 0 Å². The summed E-state index contributed by atoms with van der Waals surface area (Å²) in [6, 6.07) is 24.9. The summed E-state index contributed by atoms with van der Waals surface area (Å²) >= 11 is 0. The lowest BCUT2D eigenvalue weighted by atomic mass is 10.1. The van der Waals surface area contributed by atoms with Crippen LogP contribution >= 0.6 is 7.82 Å². The second-order valence-electron chi connectivity index (χ2n) is 13.9. The first-order chi connectivity index (χ1) is 27.1. The third-order valence-corrected chi connectivity index (χ3v) is 8.89. The lowest BCUT2D eigenvalue weighted by Gasteiger charge is -2.03. The van der Waals surface area contributed by atoms with E-state index in [9.17, 15) is 0 Å². The fourth-order valence-corrected chi connectivity index (χ4v) is 5.82. The van der Waals surface area contributed by atoms with Crippen molar-refractivity contribution in [3.8, 4) is 17.2 Å². The molecule has 0 atom stereocenters. The normalized spacial score (nSPS) is 10.3. The molecule has 0 aromatic heterocycles. The van der Waals surface area contributed by atoms with E-state index in [1.807, 2.05) is 36.4 Å². The van der Waals surface area contributed by atoms with E-state index in [1.54, 1.807) is 0 Å². The Morgan fingerprint density at radius 1 is 0.411 bits per heavy atom. The van der Waals surface area contributed by atoms with Crippen LogP contribution in [0.1, 0.15) is 153 Å². The van der Waals surface area contributed by atoms with Crippen LogP contribution in [0.5, 0.6) is 17.2 Å². The third kappa shape index (κ3) is 34.8. The van der Waals surface area contributed by atoms with Crippen molar-refractivity contribution in [3.05, 3.63) is 128 Å². The van der Waals surface area contributed by atoms with Crippen molar-refractivity contribution in [3.63, 3.8) is 0 Å². The first kappa shape index (κ1) is 52.4. The summed E-state index contributed by atoms with van der Waals surface area (Å²) in [7, 11) is -4.64. The summed E-state index contributed by atoms with van der Waals surface area (Å²) in [6.07, 6.45) is 32.3. The van der Waals surface area contributed by atoms with E-state index in [1.165, 1.54) is 170 Å². The number of rotatable bonds is 27. The van der Waals surface area contributed by atoms with Gasteiger partial charge in [-0.1, -0.05) is 173 Å². The van der Waals surface area contributed by atoms with Gasteiger partial charge in [-0.15, -0.1) is 0 Å². The Balaban J connectivity index is 0.000000762. The van der Waals surface area contributed by atoms with E-state index in [0.29, 0.717) is 0 Å². The molecule has 3 rings (SSSR count). The van der Waals surface area contributed by atoms with Gasteiger partial charge < -0.3 is 28.9 Å². The van der Waals surface area contributed by atoms with Crippen molar-refractivity contribution < 1.29 is 33.5 Å². The number of aryl methyl sites for hydroxylation is 3. The first-order valence-corrected chi connectivity index (χ1v) is 22.5. The van der Waals surface area contributed by atoms with Gasteiger partial charge in [0, 0.05) is 0 Å². The van der Waals surface area contributed by atoms with Gasteiger partial charge in [0.2, 0.25) is 0 Å². The van der Waals surface area contributed by atoms with Crippen molar-refractivity contribution in [1.82, 2.24) is 0 Å². The fourth-order valence-electron chi connectivity index (χ4n) is 5.82. The molecule has 0 spiro atoms. The lowest BCUT2D eigenvalue weighted by molar-refractivity contribution is 0.275. The van der Waals surface area contributed by atoms with Crippen molar-refractivity contribution in [2.75, 3.05) is 0 Å². The van der Waals surface area contributed by atoms with Gasteiger partial charge in [-0.25, -0.2) is 4.57 Å². The van der Waals surface area contributed by atoms with Crippen LogP contribution in [0.2, 0.25) is 0 Å². The Labute approximate surface area is 341 Å². The van der Waals surface area contributed by atoms with E-state index < -0.39 is 7.82 Å². The molecule has 0 saturated heterocycles. The molecule has 0 amide bonds. The van der Waals surface area contributed by atoms with Crippen LogP contribution in [-0.2, 0) is 23.8 Å². The molecule has 314 valence electrons. The number of benzene rings is 3. The van der Waals surface area contributed by atoms with Gasteiger partial charge in [0.05, 0.1) is 18.8 Å². The average molecular weight is 795 g/mol. The highest BCUT2D eigenvalue weighted by Crippen LogP contribution is 2.26. The maximum absolute atomic E-state index is 8.88. The molecule has 0 aliphatic heterocycles. The minimum Gasteiger partial charge on any atom is -0.466 e. The highest BCUT2D eigenvalue weighted by molar-refractivity contribution is 7.45. The molecule has 0 radical (unpaired) electrons. The average Bonchev–Trinajstić information content (AvgIpc) is 3.18. The Bertz CT molecular complexity index is 1220. The zero-order valence-corrected chi connectivity index (χ0v) is 35.9. The minimum absolute atomic E-state index is 0.867. The molecule has 8 heteroatoms. The van der Waals surface area contributed by atoms with Crippen LogP contribution in [0.3, 0.4) is 0 Å². The number of ether oxygens (including phenoxy) is 3. The maximum atomic E-state index is 8.88. The highest BCUT2D eigenvalue weighted by atomic mass is 31.2. The number of unbranched alkanes of at least 4 members (excludes halogenated alkanes) is 15. The van der Waals surface area contributed by atoms with Crippen molar-refractivity contribution in [1.29, 1.82) is 0 Å². The zero-order chi connectivity index (χ0) is 41.5. The van der Waals surface area contributed by atoms with Crippen molar-refractivity contribution in [2.24, 2.45) is 0 Å². The topological polar surface area (TPSA) is 105 Å². The molecule has 0 bridgehead atoms. The van der Waals surface area contributed by atoms with Gasteiger partial charge >= 0.3 is 7.82 Å². The van der Waals surface area contributed by atoms with Crippen LogP contribution in [0.25, 0.3) is 0 Å². The molecule has 0 saturated carbocycles. The fraction of sp³-hybridized carbons (Fsp3) is 0.500. The number of hydrogen-bond donors (Lipinski definition) is 3. The van der Waals surface area contributed by atoms with E-state index in [2.05, 4.69) is 76.9 Å². The van der Waals surface area contributed by atoms with E-state index in [4.69, 9.17) is 33.5 Å². The van der Waals surface area contributed by atoms with E-state index in [-0.39, 0.29) is 0 Å². The predicted molar refractivity (Wildman–Crippen MR) is 237 cm³/mol. The van der Waals surface area contributed by atoms with Gasteiger partial charge in [0.25, 0.3) is 0 Å². The smallest absolute Gasteiger partial charge is 0.466 e. The van der Waals surface area contributed by atoms with Crippen molar-refractivity contribution in [2.45, 2.75) is 156 Å². The molecule has 0 unspecified atom stereocenters. The molecule has 0 heterocycles. The van der Waals surface area contributed by atoms with Crippen LogP contribution in [0.4, 0.5) is 0 Å². The first-order valence-electron chi connectivity index (χ1n) is 21.0. The molecule has 0 aliphatic carbocycles. The molecule has 3 aromatic rings. The van der Waals surface area contributed by atoms with Gasteiger partial charge in [-0.3, -0.25) is 0 Å². The minimum atomic E-state index is -4.64. The third-order valence-electron chi connectivity index (χ3n) is 8.89. The lowest BCUT2D eigenvalue weighted by Crippen LogP contribution is -1.87. The van der Waals surface area contributed by atoms with Crippen LogP contribution in [-0.4, -0.2) is 14.7 Å². The van der Waals surface area contributed by atoms with E-state index in [0.717, 1.165) is 17.2 Å². The number of hydrogen-bond acceptors (Lipinski definition) is 4. The maximum Gasteiger partial charge on any atom is 0.466 e. The quantitative estimate of drug-likeness (QED) is 0.0401. The zero-order valence-electron chi connectivity index (χ0n) is 35.1. The van der Waals surface area contributed by atoms with Gasteiger partial charge in [0.1, 0.15) is 17.2 Å². The Kier molecular flexibility index (Phi) is 34.6. The van der Waals surface area contributed by atoms with Gasteiger partial charge in [-0.05, 0) is 91.6 Å². The highest BCUT2D eigenvalue weighted by Gasteiger charge is 2.00. The van der Waals surface area contributed by atoms with Crippen LogP contribution < -0.4 is 14.2 Å². The molecule has 0 fully saturated rings. The Morgan fingerprint density at radius 3 is 0.804 bits per heavy atom. The standard InChI is InChI=1S/3C16H24O.H3O4P/c3*1-3-5-6-7-8-9-10-15-11-13-16(14-12-15)17-4-2;1-5(2,3)4/h3*4,11-14H,2-3,5-10H2,1H3;(H3,1,2,3,4). The molecular weight excluding hydrogens is 719 g/mol.